The number of fused-ring (bicyclic) bond motifs is 2. The maximum absolute atomic E-state index is 13.5. The maximum Gasteiger partial charge on any atom is 0.304 e. The molecule has 6 rings (SSSR count). The highest BCUT2D eigenvalue weighted by molar-refractivity contribution is 8.13. The fourth-order valence-electron chi connectivity index (χ4n) is 5.65. The molecule has 0 amide bonds. The zero-order valence-electron chi connectivity index (χ0n) is 23.4. The van der Waals surface area contributed by atoms with Gasteiger partial charge in [-0.25, -0.2) is 8.42 Å². The smallest absolute Gasteiger partial charge is 0.304 e. The Bertz CT molecular complexity index is 2140. The molecule has 0 saturated carbocycles. The number of hydrogen-bond donors (Lipinski definition) is 3. The van der Waals surface area contributed by atoms with Crippen LogP contribution in [0.5, 0.6) is 5.75 Å². The summed E-state index contributed by atoms with van der Waals surface area (Å²) >= 11 is 1.37. The summed E-state index contributed by atoms with van der Waals surface area (Å²) in [6.45, 7) is 4.74. The summed E-state index contributed by atoms with van der Waals surface area (Å²) in [5.41, 5.74) is 7.99. The van der Waals surface area contributed by atoms with Gasteiger partial charge in [-0.1, -0.05) is 48.5 Å². The number of hydrogen-bond acceptors (Lipinski definition) is 7. The lowest BCUT2D eigenvalue weighted by Gasteiger charge is -2.25. The number of ketones is 1. The van der Waals surface area contributed by atoms with Crippen molar-refractivity contribution in [1.29, 1.82) is 0 Å². The number of phenols is 1. The highest BCUT2D eigenvalue weighted by Crippen LogP contribution is 2.43. The Morgan fingerprint density at radius 2 is 1.51 bits per heavy atom. The Labute approximate surface area is 251 Å². The molecule has 1 aromatic heterocycles. The van der Waals surface area contributed by atoms with Crippen LogP contribution in [-0.2, 0) is 10.1 Å². The number of amidine groups is 1. The lowest BCUT2D eigenvalue weighted by atomic mass is 9.83. The van der Waals surface area contributed by atoms with Crippen LogP contribution in [0.15, 0.2) is 93.4 Å². The van der Waals surface area contributed by atoms with Gasteiger partial charge in [-0.3, -0.25) is 25.3 Å². The van der Waals surface area contributed by atoms with Gasteiger partial charge in [-0.2, -0.15) is 0 Å². The van der Waals surface area contributed by atoms with Crippen molar-refractivity contribution in [3.8, 4) is 22.6 Å². The fourth-order valence-corrected chi connectivity index (χ4v) is 7.14. The van der Waals surface area contributed by atoms with Crippen LogP contribution in [-0.4, -0.2) is 33.6 Å². The normalized spacial score (nSPS) is 12.0. The van der Waals surface area contributed by atoms with Gasteiger partial charge in [-0.15, -0.1) is 0 Å². The van der Waals surface area contributed by atoms with Gasteiger partial charge in [0.15, 0.2) is 5.78 Å². The zero-order valence-corrected chi connectivity index (χ0v) is 25.0. The number of nitrogens with two attached hydrogens (primary N) is 2. The summed E-state index contributed by atoms with van der Waals surface area (Å²) in [5, 5.41) is 16.6. The van der Waals surface area contributed by atoms with Crippen LogP contribution in [0.4, 0.5) is 0 Å². The lowest BCUT2D eigenvalue weighted by Crippen LogP contribution is -2.43. The van der Waals surface area contributed by atoms with Crippen molar-refractivity contribution in [2.75, 3.05) is 0 Å². The summed E-state index contributed by atoms with van der Waals surface area (Å²) in [6, 6.07) is 22.4. The molecule has 4 aromatic carbocycles. The second-order valence-electron chi connectivity index (χ2n) is 10.0. The molecule has 0 bridgehead atoms. The molecule has 0 unspecified atom stereocenters. The van der Waals surface area contributed by atoms with Crippen LogP contribution >= 0.6 is 11.8 Å². The Balaban J connectivity index is 0.000000314. The number of pyridine rings is 1. The highest BCUT2D eigenvalue weighted by Gasteiger charge is 2.30. The van der Waals surface area contributed by atoms with Crippen molar-refractivity contribution in [3.63, 3.8) is 0 Å². The molecular weight excluding hydrogens is 587 g/mol. The Kier molecular flexibility index (Phi) is 7.74. The van der Waals surface area contributed by atoms with Crippen LogP contribution in [0.1, 0.15) is 32.6 Å². The molecular formula is C32H27N3O6S2. The van der Waals surface area contributed by atoms with Crippen molar-refractivity contribution in [2.24, 2.45) is 5.73 Å². The van der Waals surface area contributed by atoms with E-state index in [1.807, 2.05) is 30.3 Å². The van der Waals surface area contributed by atoms with Gasteiger partial charge in [0.1, 0.15) is 15.9 Å². The van der Waals surface area contributed by atoms with Gasteiger partial charge in [0.2, 0.25) is 0 Å². The largest absolute Gasteiger partial charge is 0.744 e. The van der Waals surface area contributed by atoms with Crippen LogP contribution in [0.2, 0.25) is 0 Å². The number of phenolic OH excluding ortho intramolecular Hbond substituents is 1. The first-order valence-electron chi connectivity index (χ1n) is 13.0. The number of aromatic nitrogens is 1. The van der Waals surface area contributed by atoms with E-state index >= 15 is 0 Å². The molecule has 5 aromatic rings. The van der Waals surface area contributed by atoms with E-state index in [2.05, 4.69) is 0 Å². The number of rotatable bonds is 3. The first kappa shape index (κ1) is 29.8. The van der Waals surface area contributed by atoms with E-state index in [0.29, 0.717) is 43.9 Å². The van der Waals surface area contributed by atoms with E-state index in [1.165, 1.54) is 48.4 Å². The molecule has 0 saturated heterocycles. The predicted octanol–water partition coefficient (Wildman–Crippen LogP) is 3.59. The van der Waals surface area contributed by atoms with E-state index in [0.717, 1.165) is 4.90 Å². The van der Waals surface area contributed by atoms with E-state index in [-0.39, 0.29) is 33.2 Å². The van der Waals surface area contributed by atoms with Crippen LogP contribution < -0.4 is 16.7 Å². The van der Waals surface area contributed by atoms with Gasteiger partial charge < -0.3 is 9.66 Å². The third-order valence-electron chi connectivity index (χ3n) is 7.16. The molecule has 0 radical (unpaired) electrons. The first-order chi connectivity index (χ1) is 20.3. The molecule has 0 spiro atoms. The van der Waals surface area contributed by atoms with Gasteiger partial charge in [-0.05, 0) is 84.6 Å². The third-order valence-corrected chi connectivity index (χ3v) is 9.03. The molecule has 1 aliphatic carbocycles. The fraction of sp³-hybridized carbons (Fsp3) is 0.0938. The number of carbonyl (C=O) groups is 1. The van der Waals surface area contributed by atoms with E-state index in [1.54, 1.807) is 37.3 Å². The maximum atomic E-state index is 13.5. The molecule has 1 aliphatic rings. The van der Waals surface area contributed by atoms with Gasteiger partial charge >= 0.3 is 5.17 Å². The highest BCUT2D eigenvalue weighted by atomic mass is 32.2. The van der Waals surface area contributed by atoms with E-state index < -0.39 is 15.7 Å². The number of benzene rings is 4. The van der Waals surface area contributed by atoms with Crippen molar-refractivity contribution >= 4 is 43.7 Å². The number of aromatic hydroxyl groups is 1. The molecule has 11 heteroatoms. The molecule has 0 aliphatic heterocycles. The predicted molar refractivity (Wildman–Crippen MR) is 166 cm³/mol. The molecule has 9 nitrogen and oxygen atoms in total. The van der Waals surface area contributed by atoms with Crippen molar-refractivity contribution in [1.82, 2.24) is 4.57 Å². The van der Waals surface area contributed by atoms with Crippen LogP contribution in [0.3, 0.4) is 0 Å². The van der Waals surface area contributed by atoms with Gasteiger partial charge in [0.25, 0.3) is 5.56 Å². The minimum absolute atomic E-state index is 0.0778. The van der Waals surface area contributed by atoms with Crippen molar-refractivity contribution in [3.05, 3.63) is 117 Å². The first-order valence-corrected chi connectivity index (χ1v) is 15.3. The summed E-state index contributed by atoms with van der Waals surface area (Å²) in [4.78, 5) is 27.4. The second-order valence-corrected chi connectivity index (χ2v) is 12.5. The number of aryl methyl sites for hydroxylation is 2. The number of nitrogens with zero attached hydrogens (tertiary/aromatic N) is 1. The minimum Gasteiger partial charge on any atom is -0.744 e. The Morgan fingerprint density at radius 1 is 0.884 bits per heavy atom. The monoisotopic (exact) mass is 613 g/mol. The van der Waals surface area contributed by atoms with E-state index in [4.69, 9.17) is 11.1 Å². The SMILES string of the molecule is Cc1cc(C)c(S(=O)(=O)[O-])c(C)c1-n1c(=O)cc2c3c(c(O)ccc31)C(=O)c1ccccc1-2.NC(=[NH2+])Sc1ccccc1. The molecule has 218 valence electrons. The molecule has 0 atom stereocenters. The number of thioether (sulfide) groups is 1. The third kappa shape index (κ3) is 5.34. The zero-order chi connectivity index (χ0) is 31.2. The van der Waals surface area contributed by atoms with Crippen LogP contribution in [0.25, 0.3) is 27.7 Å². The summed E-state index contributed by atoms with van der Waals surface area (Å²) in [5.74, 6) is -0.583. The molecule has 0 fully saturated rings. The Morgan fingerprint density at radius 3 is 2.14 bits per heavy atom. The van der Waals surface area contributed by atoms with Gasteiger partial charge in [0, 0.05) is 21.9 Å². The summed E-state index contributed by atoms with van der Waals surface area (Å²) < 4.78 is 37.3. The summed E-state index contributed by atoms with van der Waals surface area (Å²) in [7, 11) is -4.80. The molecule has 43 heavy (non-hydrogen) atoms. The van der Waals surface area contributed by atoms with Gasteiger partial charge in [0.05, 0.1) is 21.7 Å². The average molecular weight is 614 g/mol. The lowest BCUT2D eigenvalue weighted by molar-refractivity contribution is -0.110. The van der Waals surface area contributed by atoms with Crippen molar-refractivity contribution < 1.29 is 28.3 Å². The quantitative estimate of drug-likeness (QED) is 0.118. The summed E-state index contributed by atoms with van der Waals surface area (Å²) in [6.07, 6.45) is 0. The van der Waals surface area contributed by atoms with Crippen molar-refractivity contribution in [2.45, 2.75) is 30.6 Å². The molecule has 1 heterocycles. The molecule has 5 N–H and O–H groups in total. The number of carbonyl (C=O) groups excluding carboxylic acids is 1. The van der Waals surface area contributed by atoms with Crippen LogP contribution in [0, 0.1) is 20.8 Å². The second kappa shape index (κ2) is 11.2. The average Bonchev–Trinajstić information content (AvgIpc) is 2.93. The van der Waals surface area contributed by atoms with E-state index in [9.17, 15) is 27.7 Å². The standard InChI is InChI=1S/C25H19NO6S.C7H8N2S/c1-12-10-13(2)25(33(30,31)32)14(3)23(12)26-18-8-9-19(27)22-21(18)17(11-20(26)28)15-6-4-5-7-16(15)24(22)29;8-7(9)10-6-4-2-1-3-5-6/h4-11,27H,1-3H3,(H,30,31,32);1-5H,(H3,8,9). The topological polar surface area (TPSA) is 168 Å². The Hall–Kier alpha value is -4.71. The minimum atomic E-state index is -4.80.